The van der Waals surface area contributed by atoms with Crippen molar-refractivity contribution in [3.63, 3.8) is 0 Å². The third kappa shape index (κ3) is 2.56. The number of aryl methyl sites for hydroxylation is 3. The van der Waals surface area contributed by atoms with E-state index >= 15 is 0 Å². The van der Waals surface area contributed by atoms with Crippen molar-refractivity contribution < 1.29 is 4.52 Å². The number of anilines is 1. The highest BCUT2D eigenvalue weighted by atomic mass is 16.5. The van der Waals surface area contributed by atoms with Gasteiger partial charge in [0.2, 0.25) is 5.89 Å². The van der Waals surface area contributed by atoms with Gasteiger partial charge in [0.25, 0.3) is 0 Å². The molecule has 0 amide bonds. The van der Waals surface area contributed by atoms with E-state index in [1.165, 1.54) is 5.56 Å². The van der Waals surface area contributed by atoms with Crippen molar-refractivity contribution in [1.29, 1.82) is 0 Å². The number of hydrogen-bond donors (Lipinski definition) is 1. The molecule has 2 aromatic rings. The van der Waals surface area contributed by atoms with Crippen molar-refractivity contribution in [1.82, 2.24) is 10.1 Å². The van der Waals surface area contributed by atoms with Gasteiger partial charge in [0.1, 0.15) is 0 Å². The van der Waals surface area contributed by atoms with Crippen molar-refractivity contribution in [2.45, 2.75) is 19.8 Å². The molecule has 1 heterocycles. The van der Waals surface area contributed by atoms with Gasteiger partial charge in [-0.3, -0.25) is 0 Å². The second-order valence-corrected chi connectivity index (χ2v) is 3.48. The number of nitrogen functional groups attached to an aromatic ring is 1. The van der Waals surface area contributed by atoms with E-state index in [9.17, 15) is 0 Å². The molecule has 0 unspecified atom stereocenters. The Morgan fingerprint density at radius 2 is 2.20 bits per heavy atom. The average Bonchev–Trinajstić information content (AvgIpc) is 2.62. The van der Waals surface area contributed by atoms with Crippen LogP contribution in [0.25, 0.3) is 0 Å². The second-order valence-electron chi connectivity index (χ2n) is 3.48. The molecule has 4 heteroatoms. The largest absolute Gasteiger partial charge is 0.399 e. The highest BCUT2D eigenvalue weighted by molar-refractivity contribution is 5.40. The van der Waals surface area contributed by atoms with Gasteiger partial charge < -0.3 is 10.3 Å². The summed E-state index contributed by atoms with van der Waals surface area (Å²) in [4.78, 5) is 4.14. The highest BCUT2D eigenvalue weighted by Crippen LogP contribution is 2.09. The van der Waals surface area contributed by atoms with Gasteiger partial charge in [0.15, 0.2) is 5.82 Å². The maximum Gasteiger partial charge on any atom is 0.226 e. The SMILES string of the molecule is Cc1noc(CCc2cccc(N)c2)n1. The van der Waals surface area contributed by atoms with Gasteiger partial charge in [-0.25, -0.2) is 0 Å². The molecule has 0 bridgehead atoms. The van der Waals surface area contributed by atoms with E-state index in [1.807, 2.05) is 31.2 Å². The van der Waals surface area contributed by atoms with Crippen molar-refractivity contribution in [2.75, 3.05) is 5.73 Å². The lowest BCUT2D eigenvalue weighted by molar-refractivity contribution is 0.375. The Kier molecular flexibility index (Phi) is 2.67. The number of hydrogen-bond acceptors (Lipinski definition) is 4. The Morgan fingerprint density at radius 3 is 2.87 bits per heavy atom. The number of rotatable bonds is 3. The first-order chi connectivity index (χ1) is 7.24. The minimum atomic E-state index is 0.676. The molecule has 0 radical (unpaired) electrons. The minimum absolute atomic E-state index is 0.676. The summed E-state index contributed by atoms with van der Waals surface area (Å²) >= 11 is 0. The van der Waals surface area contributed by atoms with E-state index in [0.717, 1.165) is 18.5 Å². The first-order valence-electron chi connectivity index (χ1n) is 4.87. The summed E-state index contributed by atoms with van der Waals surface area (Å²) in [5, 5.41) is 3.74. The van der Waals surface area contributed by atoms with Crippen molar-refractivity contribution >= 4 is 5.69 Å². The zero-order valence-corrected chi connectivity index (χ0v) is 8.60. The van der Waals surface area contributed by atoms with Crippen LogP contribution in [0.5, 0.6) is 0 Å². The summed E-state index contributed by atoms with van der Waals surface area (Å²) in [5.74, 6) is 1.35. The summed E-state index contributed by atoms with van der Waals surface area (Å²) in [6.45, 7) is 1.81. The van der Waals surface area contributed by atoms with Gasteiger partial charge >= 0.3 is 0 Å². The van der Waals surface area contributed by atoms with Crippen LogP contribution >= 0.6 is 0 Å². The predicted octanol–water partition coefficient (Wildman–Crippen LogP) is 1.75. The van der Waals surface area contributed by atoms with Crippen LogP contribution < -0.4 is 5.73 Å². The first kappa shape index (κ1) is 9.71. The fraction of sp³-hybridized carbons (Fsp3) is 0.273. The molecule has 4 nitrogen and oxygen atoms in total. The molecule has 0 atom stereocenters. The van der Waals surface area contributed by atoms with Crippen LogP contribution in [-0.2, 0) is 12.8 Å². The summed E-state index contributed by atoms with van der Waals surface area (Å²) in [6.07, 6.45) is 1.62. The van der Waals surface area contributed by atoms with Crippen molar-refractivity contribution in [3.8, 4) is 0 Å². The van der Waals surface area contributed by atoms with Crippen LogP contribution in [0.1, 0.15) is 17.3 Å². The average molecular weight is 203 g/mol. The molecule has 2 rings (SSSR count). The molecule has 1 aromatic carbocycles. The molecule has 15 heavy (non-hydrogen) atoms. The van der Waals surface area contributed by atoms with Crippen LogP contribution in [0.15, 0.2) is 28.8 Å². The standard InChI is InChI=1S/C11H13N3O/c1-8-13-11(15-14-8)6-5-9-3-2-4-10(12)7-9/h2-4,7H,5-6,12H2,1H3. The number of nitrogens with zero attached hydrogens (tertiary/aromatic N) is 2. The van der Waals surface area contributed by atoms with Crippen LogP contribution in [0.4, 0.5) is 5.69 Å². The normalized spacial score (nSPS) is 10.5. The van der Waals surface area contributed by atoms with Crippen LogP contribution in [-0.4, -0.2) is 10.1 Å². The molecule has 78 valence electrons. The Labute approximate surface area is 88.1 Å². The van der Waals surface area contributed by atoms with Gasteiger partial charge in [-0.2, -0.15) is 4.98 Å². The zero-order valence-electron chi connectivity index (χ0n) is 8.60. The Morgan fingerprint density at radius 1 is 1.33 bits per heavy atom. The molecule has 0 aliphatic carbocycles. The van der Waals surface area contributed by atoms with E-state index in [1.54, 1.807) is 0 Å². The van der Waals surface area contributed by atoms with E-state index in [0.29, 0.717) is 11.7 Å². The monoisotopic (exact) mass is 203 g/mol. The lowest BCUT2D eigenvalue weighted by atomic mass is 10.1. The maximum absolute atomic E-state index is 5.68. The summed E-state index contributed by atoms with van der Waals surface area (Å²) in [6, 6.07) is 7.83. The van der Waals surface area contributed by atoms with E-state index in [4.69, 9.17) is 10.3 Å². The van der Waals surface area contributed by atoms with Crippen LogP contribution in [0.3, 0.4) is 0 Å². The summed E-state index contributed by atoms with van der Waals surface area (Å²) in [7, 11) is 0. The molecule has 0 saturated heterocycles. The quantitative estimate of drug-likeness (QED) is 0.772. The number of aromatic nitrogens is 2. The van der Waals surface area contributed by atoms with Crippen LogP contribution in [0.2, 0.25) is 0 Å². The molecule has 0 saturated carbocycles. The maximum atomic E-state index is 5.68. The molecular weight excluding hydrogens is 190 g/mol. The highest BCUT2D eigenvalue weighted by Gasteiger charge is 2.02. The number of benzene rings is 1. The van der Waals surface area contributed by atoms with Gasteiger partial charge in [-0.1, -0.05) is 17.3 Å². The first-order valence-corrected chi connectivity index (χ1v) is 4.87. The molecule has 2 N–H and O–H groups in total. The van der Waals surface area contributed by atoms with Gasteiger partial charge in [0.05, 0.1) is 0 Å². The zero-order chi connectivity index (χ0) is 10.7. The lowest BCUT2D eigenvalue weighted by Gasteiger charge is -1.99. The molecule has 1 aromatic heterocycles. The predicted molar refractivity (Wildman–Crippen MR) is 57.3 cm³/mol. The fourth-order valence-electron chi connectivity index (χ4n) is 1.44. The fourth-order valence-corrected chi connectivity index (χ4v) is 1.44. The lowest BCUT2D eigenvalue weighted by Crippen LogP contribution is -1.93. The minimum Gasteiger partial charge on any atom is -0.399 e. The summed E-state index contributed by atoms with van der Waals surface area (Å²) in [5.41, 5.74) is 7.65. The molecule has 0 fully saturated rings. The van der Waals surface area contributed by atoms with Gasteiger partial charge in [-0.15, -0.1) is 0 Å². The van der Waals surface area contributed by atoms with Gasteiger partial charge in [-0.05, 0) is 31.0 Å². The topological polar surface area (TPSA) is 64.9 Å². The molecule has 0 aliphatic heterocycles. The van der Waals surface area contributed by atoms with Crippen LogP contribution in [0, 0.1) is 6.92 Å². The Hall–Kier alpha value is -1.84. The summed E-state index contributed by atoms with van der Waals surface area (Å²) < 4.78 is 5.02. The number of nitrogens with two attached hydrogens (primary N) is 1. The van der Waals surface area contributed by atoms with E-state index in [2.05, 4.69) is 10.1 Å². The Bertz CT molecular complexity index is 451. The third-order valence-corrected chi connectivity index (χ3v) is 2.15. The van der Waals surface area contributed by atoms with E-state index in [-0.39, 0.29) is 0 Å². The molecule has 0 aliphatic rings. The Balaban J connectivity index is 1.99. The smallest absolute Gasteiger partial charge is 0.226 e. The van der Waals surface area contributed by atoms with Crippen molar-refractivity contribution in [2.24, 2.45) is 0 Å². The molecule has 0 spiro atoms. The van der Waals surface area contributed by atoms with E-state index < -0.39 is 0 Å². The second kappa shape index (κ2) is 4.13. The third-order valence-electron chi connectivity index (χ3n) is 2.15. The van der Waals surface area contributed by atoms with Crippen molar-refractivity contribution in [3.05, 3.63) is 41.5 Å². The van der Waals surface area contributed by atoms with Gasteiger partial charge in [0, 0.05) is 12.1 Å². The molecular formula is C11H13N3O.